The number of fused-ring (bicyclic) bond motifs is 1. The number of nitrogens with zero attached hydrogens (tertiary/aromatic N) is 1. The van der Waals surface area contributed by atoms with E-state index >= 15 is 0 Å². The molecule has 2 N–H and O–H groups in total. The first-order valence-corrected chi connectivity index (χ1v) is 10.3. The molecular weight excluding hydrogens is 364 g/mol. The van der Waals surface area contributed by atoms with Crippen molar-refractivity contribution in [2.45, 2.75) is 32.7 Å². The number of rotatable bonds is 5. The summed E-state index contributed by atoms with van der Waals surface area (Å²) < 4.78 is 5.29. The van der Waals surface area contributed by atoms with Crippen LogP contribution in [0.2, 0.25) is 0 Å². The molecule has 0 radical (unpaired) electrons. The molecule has 2 unspecified atom stereocenters. The number of H-pyrrole nitrogens is 1. The minimum Gasteiger partial charge on any atom is -0.508 e. The summed E-state index contributed by atoms with van der Waals surface area (Å²) in [5, 5.41) is 11.8. The van der Waals surface area contributed by atoms with Gasteiger partial charge in [0.2, 0.25) is 0 Å². The van der Waals surface area contributed by atoms with Gasteiger partial charge in [0.1, 0.15) is 5.75 Å². The molecule has 5 heteroatoms. The number of aromatic nitrogens is 1. The summed E-state index contributed by atoms with van der Waals surface area (Å²) in [6.07, 6.45) is 3.81. The number of aryl methyl sites for hydroxylation is 1. The van der Waals surface area contributed by atoms with Crippen molar-refractivity contribution in [3.8, 4) is 5.75 Å². The topological polar surface area (TPSA) is 65.6 Å². The highest BCUT2D eigenvalue weighted by Gasteiger charge is 2.34. The van der Waals surface area contributed by atoms with E-state index in [1.54, 1.807) is 6.07 Å². The predicted octanol–water partition coefficient (Wildman–Crippen LogP) is 4.55. The molecule has 1 aliphatic heterocycles. The first-order valence-electron chi connectivity index (χ1n) is 10.3. The van der Waals surface area contributed by atoms with Gasteiger partial charge in [-0.2, -0.15) is 0 Å². The first-order chi connectivity index (χ1) is 14.1. The van der Waals surface area contributed by atoms with Crippen molar-refractivity contribution in [2.24, 2.45) is 5.92 Å². The number of phenolic OH excluding ortho intramolecular Hbond substituents is 1. The number of carbonyl (C=O) groups is 1. The summed E-state index contributed by atoms with van der Waals surface area (Å²) in [6, 6.07) is 13.6. The van der Waals surface area contributed by atoms with Crippen molar-refractivity contribution in [1.82, 2.24) is 9.88 Å². The van der Waals surface area contributed by atoms with E-state index in [9.17, 15) is 9.90 Å². The maximum atomic E-state index is 12.4. The Morgan fingerprint density at radius 1 is 1.24 bits per heavy atom. The van der Waals surface area contributed by atoms with Gasteiger partial charge in [0, 0.05) is 29.2 Å². The number of hydrogen-bond donors (Lipinski definition) is 2. The lowest BCUT2D eigenvalue weighted by Crippen LogP contribution is -2.41. The molecule has 3 aromatic rings. The largest absolute Gasteiger partial charge is 0.508 e. The number of phenols is 1. The van der Waals surface area contributed by atoms with Crippen molar-refractivity contribution in [3.05, 3.63) is 65.4 Å². The SMILES string of the molecule is CCOC(=O)C1CCCN(C(c2ccccc2O)c2c[nH]c3c(C)cccc23)C1. The zero-order valence-electron chi connectivity index (χ0n) is 17.0. The zero-order chi connectivity index (χ0) is 20.4. The van der Waals surface area contributed by atoms with Crippen molar-refractivity contribution in [2.75, 3.05) is 19.7 Å². The quantitative estimate of drug-likeness (QED) is 0.626. The van der Waals surface area contributed by atoms with Crippen LogP contribution >= 0.6 is 0 Å². The van der Waals surface area contributed by atoms with Gasteiger partial charge in [-0.25, -0.2) is 0 Å². The molecule has 2 aromatic carbocycles. The summed E-state index contributed by atoms with van der Waals surface area (Å²) in [4.78, 5) is 18.1. The summed E-state index contributed by atoms with van der Waals surface area (Å²) in [7, 11) is 0. The molecule has 1 saturated heterocycles. The number of piperidine rings is 1. The van der Waals surface area contributed by atoms with Crippen LogP contribution in [0.1, 0.15) is 42.5 Å². The van der Waals surface area contributed by atoms with Crippen molar-refractivity contribution >= 4 is 16.9 Å². The Kier molecular flexibility index (Phi) is 5.58. The van der Waals surface area contributed by atoms with E-state index < -0.39 is 0 Å². The highest BCUT2D eigenvalue weighted by Crippen LogP contribution is 2.40. The molecule has 4 rings (SSSR count). The molecule has 2 heterocycles. The molecule has 29 heavy (non-hydrogen) atoms. The van der Waals surface area contributed by atoms with Crippen molar-refractivity contribution < 1.29 is 14.6 Å². The Morgan fingerprint density at radius 3 is 2.86 bits per heavy atom. The van der Waals surface area contributed by atoms with Crippen LogP contribution < -0.4 is 0 Å². The van der Waals surface area contributed by atoms with E-state index in [0.717, 1.165) is 41.4 Å². The molecule has 0 aliphatic carbocycles. The summed E-state index contributed by atoms with van der Waals surface area (Å²) in [5.41, 5.74) is 4.28. The third-order valence-corrected chi connectivity index (χ3v) is 5.92. The standard InChI is InChI=1S/C24H28N2O3/c1-3-29-24(28)17-9-7-13-26(15-17)23(19-10-4-5-12-21(19)27)20-14-25-22-16(2)8-6-11-18(20)22/h4-6,8,10-12,14,17,23,25,27H,3,7,9,13,15H2,1-2H3. The van der Waals surface area contributed by atoms with E-state index in [2.05, 4.69) is 35.0 Å². The maximum absolute atomic E-state index is 12.4. The van der Waals surface area contributed by atoms with Crippen LogP contribution in [-0.2, 0) is 9.53 Å². The number of aromatic amines is 1. The number of aromatic hydroxyl groups is 1. The number of hydrogen-bond acceptors (Lipinski definition) is 4. The lowest BCUT2D eigenvalue weighted by atomic mass is 9.90. The third-order valence-electron chi connectivity index (χ3n) is 5.92. The number of likely N-dealkylation sites (tertiary alicyclic amines) is 1. The van der Waals surface area contributed by atoms with E-state index in [1.165, 1.54) is 5.56 Å². The monoisotopic (exact) mass is 392 g/mol. The van der Waals surface area contributed by atoms with Crippen LogP contribution in [0.25, 0.3) is 10.9 Å². The second-order valence-corrected chi connectivity index (χ2v) is 7.79. The number of esters is 1. The van der Waals surface area contributed by atoms with E-state index in [4.69, 9.17) is 4.74 Å². The van der Waals surface area contributed by atoms with Crippen LogP contribution in [0, 0.1) is 12.8 Å². The summed E-state index contributed by atoms with van der Waals surface area (Å²) in [6.45, 7) is 5.83. The van der Waals surface area contributed by atoms with Gasteiger partial charge in [0.15, 0.2) is 0 Å². The van der Waals surface area contributed by atoms with Gasteiger partial charge < -0.3 is 14.8 Å². The van der Waals surface area contributed by atoms with E-state index in [0.29, 0.717) is 13.2 Å². The minimum absolute atomic E-state index is 0.122. The molecule has 0 saturated carbocycles. The van der Waals surface area contributed by atoms with Gasteiger partial charge >= 0.3 is 5.97 Å². The van der Waals surface area contributed by atoms with Crippen molar-refractivity contribution in [3.63, 3.8) is 0 Å². The Labute approximate surface area is 171 Å². The lowest BCUT2D eigenvalue weighted by molar-refractivity contribution is -0.150. The fourth-order valence-corrected chi connectivity index (χ4v) is 4.53. The van der Waals surface area contributed by atoms with Crippen LogP contribution in [0.3, 0.4) is 0 Å². The number of ether oxygens (including phenoxy) is 1. The average Bonchev–Trinajstić information content (AvgIpc) is 3.15. The minimum atomic E-state index is -0.135. The summed E-state index contributed by atoms with van der Waals surface area (Å²) in [5.74, 6) is 0.0183. The molecule has 1 aromatic heterocycles. The van der Waals surface area contributed by atoms with Gasteiger partial charge in [0.05, 0.1) is 18.6 Å². The molecule has 0 amide bonds. The zero-order valence-corrected chi connectivity index (χ0v) is 17.0. The normalized spacial score (nSPS) is 18.6. The molecule has 0 bridgehead atoms. The Bertz CT molecular complexity index is 1010. The molecular formula is C24H28N2O3. The first kappa shape index (κ1) is 19.5. The van der Waals surface area contributed by atoms with Crippen LogP contribution in [0.4, 0.5) is 0 Å². The predicted molar refractivity (Wildman–Crippen MR) is 114 cm³/mol. The molecule has 2 atom stereocenters. The van der Waals surface area contributed by atoms with E-state index in [-0.39, 0.29) is 23.7 Å². The number of nitrogens with one attached hydrogen (secondary N) is 1. The van der Waals surface area contributed by atoms with Gasteiger partial charge in [-0.1, -0.05) is 36.4 Å². The highest BCUT2D eigenvalue weighted by atomic mass is 16.5. The number of para-hydroxylation sites is 2. The second kappa shape index (κ2) is 8.29. The fourth-order valence-electron chi connectivity index (χ4n) is 4.53. The average molecular weight is 392 g/mol. The Balaban J connectivity index is 1.78. The Hall–Kier alpha value is -2.79. The van der Waals surface area contributed by atoms with Gasteiger partial charge in [0.25, 0.3) is 0 Å². The molecule has 1 fully saturated rings. The lowest BCUT2D eigenvalue weighted by Gasteiger charge is -2.38. The van der Waals surface area contributed by atoms with Crippen LogP contribution in [-0.4, -0.2) is 40.7 Å². The number of carbonyl (C=O) groups excluding carboxylic acids is 1. The maximum Gasteiger partial charge on any atom is 0.310 e. The van der Waals surface area contributed by atoms with Gasteiger partial charge in [-0.05, 0) is 50.4 Å². The second-order valence-electron chi connectivity index (χ2n) is 7.79. The van der Waals surface area contributed by atoms with E-state index in [1.807, 2.05) is 31.3 Å². The van der Waals surface area contributed by atoms with Crippen LogP contribution in [0.15, 0.2) is 48.7 Å². The molecule has 1 aliphatic rings. The molecule has 5 nitrogen and oxygen atoms in total. The molecule has 152 valence electrons. The van der Waals surface area contributed by atoms with Crippen LogP contribution in [0.5, 0.6) is 5.75 Å². The van der Waals surface area contributed by atoms with Crippen molar-refractivity contribution in [1.29, 1.82) is 0 Å². The number of benzene rings is 2. The Morgan fingerprint density at radius 2 is 2.07 bits per heavy atom. The fraction of sp³-hybridized carbons (Fsp3) is 0.375. The smallest absolute Gasteiger partial charge is 0.310 e. The summed E-state index contributed by atoms with van der Waals surface area (Å²) >= 11 is 0. The highest BCUT2D eigenvalue weighted by molar-refractivity contribution is 5.87. The van der Waals surface area contributed by atoms with Gasteiger partial charge in [-0.3, -0.25) is 9.69 Å². The van der Waals surface area contributed by atoms with Gasteiger partial charge in [-0.15, -0.1) is 0 Å². The third kappa shape index (κ3) is 3.75. The molecule has 0 spiro atoms.